The highest BCUT2D eigenvalue weighted by Crippen LogP contribution is 2.52. The number of fused-ring (bicyclic) bond motifs is 3. The standard InChI is InChI=1S/C16H17ClFN3O2/c17-10-2-1-9(7-11(10)18)13-20-14(23-21-13)16-5-3-15(19,4-6-16)8-12(16)22/h1-2,7,12,22H,3-6,8,19H2. The van der Waals surface area contributed by atoms with E-state index in [4.69, 9.17) is 21.9 Å². The third-order valence-electron chi connectivity index (χ3n) is 5.41. The van der Waals surface area contributed by atoms with Crippen LogP contribution in [0.1, 0.15) is 38.0 Å². The van der Waals surface area contributed by atoms with Crippen molar-refractivity contribution >= 4 is 11.6 Å². The Bertz CT molecular complexity index is 756. The number of aromatic nitrogens is 2. The summed E-state index contributed by atoms with van der Waals surface area (Å²) in [6.07, 6.45) is 3.06. The number of aliphatic hydroxyl groups is 1. The molecule has 0 saturated heterocycles. The molecule has 3 aliphatic rings. The number of aliphatic hydroxyl groups excluding tert-OH is 1. The van der Waals surface area contributed by atoms with Gasteiger partial charge in [0.25, 0.3) is 0 Å². The van der Waals surface area contributed by atoms with Crippen LogP contribution in [-0.4, -0.2) is 26.9 Å². The number of hydrogen-bond donors (Lipinski definition) is 2. The van der Waals surface area contributed by atoms with Crippen molar-refractivity contribution in [2.24, 2.45) is 5.73 Å². The molecule has 0 amide bonds. The molecular formula is C16H17ClFN3O2. The van der Waals surface area contributed by atoms with Crippen LogP contribution < -0.4 is 5.73 Å². The second-order valence-corrected chi connectivity index (χ2v) is 7.20. The molecule has 7 heteroatoms. The van der Waals surface area contributed by atoms with E-state index in [-0.39, 0.29) is 10.6 Å². The Morgan fingerprint density at radius 3 is 2.70 bits per heavy atom. The molecule has 5 nitrogen and oxygen atoms in total. The first kappa shape index (κ1) is 15.1. The summed E-state index contributed by atoms with van der Waals surface area (Å²) in [6, 6.07) is 4.37. The van der Waals surface area contributed by atoms with Gasteiger partial charge in [0.1, 0.15) is 5.82 Å². The first-order chi connectivity index (χ1) is 10.9. The van der Waals surface area contributed by atoms with Crippen LogP contribution in [0, 0.1) is 5.82 Å². The van der Waals surface area contributed by atoms with Crippen molar-refractivity contribution in [3.8, 4) is 11.4 Å². The van der Waals surface area contributed by atoms with E-state index in [2.05, 4.69) is 10.1 Å². The first-order valence-electron chi connectivity index (χ1n) is 7.69. The predicted molar refractivity (Wildman–Crippen MR) is 82.4 cm³/mol. The van der Waals surface area contributed by atoms with Crippen molar-refractivity contribution in [2.75, 3.05) is 0 Å². The van der Waals surface area contributed by atoms with E-state index in [0.29, 0.717) is 23.7 Å². The molecule has 5 rings (SSSR count). The third kappa shape index (κ3) is 2.28. The average molecular weight is 338 g/mol. The molecule has 0 aliphatic heterocycles. The van der Waals surface area contributed by atoms with Gasteiger partial charge in [-0.25, -0.2) is 4.39 Å². The molecule has 0 spiro atoms. The summed E-state index contributed by atoms with van der Waals surface area (Å²) in [5.41, 5.74) is 5.96. The molecule has 3 aliphatic carbocycles. The van der Waals surface area contributed by atoms with E-state index in [1.54, 1.807) is 6.07 Å². The van der Waals surface area contributed by atoms with E-state index >= 15 is 0 Å². The minimum Gasteiger partial charge on any atom is -0.392 e. The Labute approximate surface area is 137 Å². The van der Waals surface area contributed by atoms with Crippen LogP contribution in [0.2, 0.25) is 5.02 Å². The number of hydrogen-bond acceptors (Lipinski definition) is 5. The number of nitrogens with zero attached hydrogens (tertiary/aromatic N) is 2. The van der Waals surface area contributed by atoms with Crippen molar-refractivity contribution in [1.82, 2.24) is 10.1 Å². The third-order valence-corrected chi connectivity index (χ3v) is 5.71. The number of rotatable bonds is 2. The van der Waals surface area contributed by atoms with Crippen LogP contribution in [0.5, 0.6) is 0 Å². The van der Waals surface area contributed by atoms with Gasteiger partial charge >= 0.3 is 0 Å². The Balaban J connectivity index is 1.69. The van der Waals surface area contributed by atoms with Crippen LogP contribution in [0.15, 0.2) is 22.7 Å². The smallest absolute Gasteiger partial charge is 0.235 e. The Morgan fingerprint density at radius 1 is 1.30 bits per heavy atom. The highest BCUT2D eigenvalue weighted by atomic mass is 35.5. The Hall–Kier alpha value is -1.50. The molecule has 3 N–H and O–H groups in total. The van der Waals surface area contributed by atoms with Crippen LogP contribution in [-0.2, 0) is 5.41 Å². The van der Waals surface area contributed by atoms with Gasteiger partial charge in [-0.15, -0.1) is 0 Å². The molecule has 1 heterocycles. The van der Waals surface area contributed by atoms with Gasteiger partial charge in [0, 0.05) is 11.1 Å². The molecule has 3 fully saturated rings. The maximum Gasteiger partial charge on any atom is 0.235 e. The van der Waals surface area contributed by atoms with E-state index in [1.165, 1.54) is 12.1 Å². The lowest BCUT2D eigenvalue weighted by atomic mass is 9.56. The van der Waals surface area contributed by atoms with E-state index in [9.17, 15) is 9.50 Å². The largest absolute Gasteiger partial charge is 0.392 e. The fourth-order valence-electron chi connectivity index (χ4n) is 3.85. The highest BCUT2D eigenvalue weighted by Gasteiger charge is 2.56. The molecule has 2 bridgehead atoms. The molecule has 1 aromatic carbocycles. The molecule has 2 aromatic rings. The normalized spacial score (nSPS) is 33.1. The fraction of sp³-hybridized carbons (Fsp3) is 0.500. The SMILES string of the molecule is NC12CCC(c3nc(-c4ccc(Cl)c(F)c4)no3)(CC1)C(O)C2. The lowest BCUT2D eigenvalue weighted by Gasteiger charge is -2.52. The van der Waals surface area contributed by atoms with Gasteiger partial charge < -0.3 is 15.4 Å². The maximum atomic E-state index is 13.6. The average Bonchev–Trinajstić information content (AvgIpc) is 3.01. The first-order valence-corrected chi connectivity index (χ1v) is 8.06. The quantitative estimate of drug-likeness (QED) is 0.880. The summed E-state index contributed by atoms with van der Waals surface area (Å²) >= 11 is 5.69. The second-order valence-electron chi connectivity index (χ2n) is 6.79. The molecule has 23 heavy (non-hydrogen) atoms. The van der Waals surface area contributed by atoms with Gasteiger partial charge in [0.2, 0.25) is 11.7 Å². The van der Waals surface area contributed by atoms with Crippen LogP contribution in [0.3, 0.4) is 0 Å². The summed E-state index contributed by atoms with van der Waals surface area (Å²) < 4.78 is 19.0. The summed E-state index contributed by atoms with van der Waals surface area (Å²) in [5.74, 6) is 0.182. The van der Waals surface area contributed by atoms with Crippen LogP contribution in [0.25, 0.3) is 11.4 Å². The van der Waals surface area contributed by atoms with Crippen molar-refractivity contribution in [1.29, 1.82) is 0 Å². The lowest BCUT2D eigenvalue weighted by molar-refractivity contribution is -0.0506. The second kappa shape index (κ2) is 5.00. The number of halogens is 2. The molecule has 1 unspecified atom stereocenters. The maximum absolute atomic E-state index is 13.6. The van der Waals surface area contributed by atoms with Crippen LogP contribution in [0.4, 0.5) is 4.39 Å². The molecule has 1 atom stereocenters. The predicted octanol–water partition coefficient (Wildman–Crippen LogP) is 2.80. The van der Waals surface area contributed by atoms with Crippen molar-refractivity contribution < 1.29 is 14.0 Å². The van der Waals surface area contributed by atoms with Gasteiger partial charge in [-0.3, -0.25) is 0 Å². The topological polar surface area (TPSA) is 85.2 Å². The summed E-state index contributed by atoms with van der Waals surface area (Å²) in [7, 11) is 0. The minimum atomic E-state index is -0.592. The van der Waals surface area contributed by atoms with Crippen molar-refractivity contribution in [2.45, 2.75) is 49.2 Å². The molecule has 1 aromatic heterocycles. The summed E-state index contributed by atoms with van der Waals surface area (Å²) in [5, 5.41) is 14.5. The van der Waals surface area contributed by atoms with E-state index in [1.807, 2.05) is 0 Å². The molecule has 0 radical (unpaired) electrons. The Kier molecular flexibility index (Phi) is 3.27. The lowest BCUT2D eigenvalue weighted by Crippen LogP contribution is -2.60. The van der Waals surface area contributed by atoms with Gasteiger partial charge in [0.15, 0.2) is 0 Å². The highest BCUT2D eigenvalue weighted by molar-refractivity contribution is 6.30. The van der Waals surface area contributed by atoms with Gasteiger partial charge in [0.05, 0.1) is 16.5 Å². The van der Waals surface area contributed by atoms with E-state index in [0.717, 1.165) is 25.7 Å². The van der Waals surface area contributed by atoms with Gasteiger partial charge in [-0.2, -0.15) is 4.98 Å². The summed E-state index contributed by atoms with van der Waals surface area (Å²) in [6.45, 7) is 0. The van der Waals surface area contributed by atoms with Crippen molar-refractivity contribution in [3.63, 3.8) is 0 Å². The molecular weight excluding hydrogens is 321 g/mol. The Morgan fingerprint density at radius 2 is 2.04 bits per heavy atom. The zero-order valence-electron chi connectivity index (χ0n) is 12.4. The number of nitrogens with two attached hydrogens (primary N) is 1. The van der Waals surface area contributed by atoms with Gasteiger partial charge in [-0.1, -0.05) is 16.8 Å². The zero-order chi connectivity index (χ0) is 16.2. The van der Waals surface area contributed by atoms with Gasteiger partial charge in [-0.05, 0) is 50.3 Å². The van der Waals surface area contributed by atoms with Crippen LogP contribution >= 0.6 is 11.6 Å². The number of benzene rings is 1. The zero-order valence-corrected chi connectivity index (χ0v) is 13.2. The minimum absolute atomic E-state index is 0.0466. The fourth-order valence-corrected chi connectivity index (χ4v) is 3.96. The molecule has 3 saturated carbocycles. The summed E-state index contributed by atoms with van der Waals surface area (Å²) in [4.78, 5) is 4.43. The van der Waals surface area contributed by atoms with E-state index < -0.39 is 17.3 Å². The molecule has 122 valence electrons. The van der Waals surface area contributed by atoms with Crippen molar-refractivity contribution in [3.05, 3.63) is 34.9 Å². The monoisotopic (exact) mass is 337 g/mol.